The second-order valence-corrected chi connectivity index (χ2v) is 7.06. The quantitative estimate of drug-likeness (QED) is 0.706. The minimum Gasteiger partial charge on any atom is -0.454 e. The normalized spacial score (nSPS) is 16.7. The number of aromatic nitrogens is 2. The fourth-order valence-corrected chi connectivity index (χ4v) is 3.90. The molecule has 1 aliphatic carbocycles. The molecule has 1 N–H and O–H groups in total. The maximum atomic E-state index is 12.9. The van der Waals surface area contributed by atoms with E-state index in [-0.39, 0.29) is 24.3 Å². The van der Waals surface area contributed by atoms with Gasteiger partial charge in [-0.25, -0.2) is 4.98 Å². The van der Waals surface area contributed by atoms with Crippen molar-refractivity contribution in [2.24, 2.45) is 0 Å². The number of benzene rings is 1. The Morgan fingerprint density at radius 2 is 1.93 bits per heavy atom. The van der Waals surface area contributed by atoms with E-state index in [0.29, 0.717) is 33.6 Å². The van der Waals surface area contributed by atoms with Gasteiger partial charge in [-0.3, -0.25) is 14.0 Å². The number of hydrogen-bond donors (Lipinski definition) is 1. The molecule has 3 aromatic rings. The van der Waals surface area contributed by atoms with E-state index < -0.39 is 0 Å². The third kappa shape index (κ3) is 2.70. The topological polar surface area (TPSA) is 81.9 Å². The second-order valence-electron chi connectivity index (χ2n) is 7.06. The van der Waals surface area contributed by atoms with Crippen LogP contribution in [-0.2, 0) is 0 Å². The van der Waals surface area contributed by atoms with Crippen LogP contribution < -0.4 is 20.3 Å². The molecule has 1 amide bonds. The van der Waals surface area contributed by atoms with Gasteiger partial charge in [0.1, 0.15) is 0 Å². The smallest absolute Gasteiger partial charge is 0.265 e. The van der Waals surface area contributed by atoms with E-state index in [1.165, 1.54) is 10.8 Å². The highest BCUT2D eigenvalue weighted by Crippen LogP contribution is 2.34. The molecule has 3 heterocycles. The van der Waals surface area contributed by atoms with E-state index >= 15 is 0 Å². The Bertz CT molecular complexity index is 1120. The Morgan fingerprint density at radius 3 is 2.74 bits per heavy atom. The molecule has 2 aliphatic rings. The highest BCUT2D eigenvalue weighted by atomic mass is 16.7. The minimum atomic E-state index is -0.236. The Balaban J connectivity index is 1.63. The number of nitrogens with zero attached hydrogens (tertiary/aromatic N) is 2. The van der Waals surface area contributed by atoms with E-state index in [9.17, 15) is 9.59 Å². The first-order valence-electron chi connectivity index (χ1n) is 9.26. The summed E-state index contributed by atoms with van der Waals surface area (Å²) in [7, 11) is 0. The van der Waals surface area contributed by atoms with E-state index in [0.717, 1.165) is 25.7 Å². The van der Waals surface area contributed by atoms with Crippen molar-refractivity contribution in [2.75, 3.05) is 6.79 Å². The summed E-state index contributed by atoms with van der Waals surface area (Å²) in [6.45, 7) is 0.127. The molecule has 0 radical (unpaired) electrons. The van der Waals surface area contributed by atoms with E-state index in [1.54, 1.807) is 30.5 Å². The molecule has 0 saturated heterocycles. The van der Waals surface area contributed by atoms with Gasteiger partial charge < -0.3 is 14.8 Å². The van der Waals surface area contributed by atoms with Crippen LogP contribution in [-0.4, -0.2) is 28.1 Å². The molecule has 0 spiro atoms. The Kier molecular flexibility index (Phi) is 3.74. The van der Waals surface area contributed by atoms with E-state index in [1.807, 2.05) is 0 Å². The molecule has 1 aliphatic heterocycles. The Morgan fingerprint density at radius 1 is 1.15 bits per heavy atom. The highest BCUT2D eigenvalue weighted by Gasteiger charge is 2.21. The van der Waals surface area contributed by atoms with Gasteiger partial charge in [0.15, 0.2) is 17.1 Å². The summed E-state index contributed by atoms with van der Waals surface area (Å²) in [5.41, 5.74) is 1.00. The lowest BCUT2D eigenvalue weighted by molar-refractivity contribution is 0.0929. The van der Waals surface area contributed by atoms with E-state index in [2.05, 4.69) is 10.3 Å². The van der Waals surface area contributed by atoms with Crippen molar-refractivity contribution in [1.29, 1.82) is 0 Å². The molecule has 2 aromatic heterocycles. The molecule has 1 saturated carbocycles. The maximum absolute atomic E-state index is 12.9. The SMILES string of the molecule is O=C(NC1CCCCC1)c1cccn2c(=O)c3cc4c(cc3nc12)OCO4. The number of hydrogen-bond acceptors (Lipinski definition) is 5. The van der Waals surface area contributed by atoms with Gasteiger partial charge in [0, 0.05) is 18.3 Å². The summed E-state index contributed by atoms with van der Waals surface area (Å²) >= 11 is 0. The number of pyridine rings is 1. The lowest BCUT2D eigenvalue weighted by Gasteiger charge is -2.23. The lowest BCUT2D eigenvalue weighted by atomic mass is 9.95. The summed E-state index contributed by atoms with van der Waals surface area (Å²) in [6.07, 6.45) is 7.12. The zero-order valence-electron chi connectivity index (χ0n) is 14.7. The van der Waals surface area contributed by atoms with Gasteiger partial charge in [0.05, 0.1) is 16.5 Å². The molecule has 1 aromatic carbocycles. The van der Waals surface area contributed by atoms with Gasteiger partial charge in [-0.2, -0.15) is 0 Å². The summed E-state index contributed by atoms with van der Waals surface area (Å²) in [6, 6.07) is 6.93. The number of ether oxygens (including phenoxy) is 2. The molecular weight excluding hydrogens is 346 g/mol. The average Bonchev–Trinajstić information content (AvgIpc) is 3.14. The van der Waals surface area contributed by atoms with Crippen molar-refractivity contribution in [2.45, 2.75) is 38.1 Å². The van der Waals surface area contributed by atoms with Gasteiger partial charge in [0.25, 0.3) is 11.5 Å². The van der Waals surface area contributed by atoms with Crippen molar-refractivity contribution in [3.8, 4) is 11.5 Å². The summed E-state index contributed by atoms with van der Waals surface area (Å²) < 4.78 is 12.2. The molecule has 0 unspecified atom stereocenters. The predicted octanol–water partition coefficient (Wildman–Crippen LogP) is 2.64. The molecule has 0 bridgehead atoms. The van der Waals surface area contributed by atoms with Crippen LogP contribution in [0.25, 0.3) is 16.6 Å². The Labute approximate surface area is 154 Å². The zero-order chi connectivity index (χ0) is 18.4. The first kappa shape index (κ1) is 16.1. The zero-order valence-corrected chi connectivity index (χ0v) is 14.7. The van der Waals surface area contributed by atoms with Crippen LogP contribution in [0.15, 0.2) is 35.3 Å². The number of carbonyl (C=O) groups is 1. The third-order valence-electron chi connectivity index (χ3n) is 5.32. The van der Waals surface area contributed by atoms with Gasteiger partial charge in [-0.05, 0) is 31.0 Å². The number of fused-ring (bicyclic) bond motifs is 3. The summed E-state index contributed by atoms with van der Waals surface area (Å²) in [5.74, 6) is 0.905. The monoisotopic (exact) mass is 365 g/mol. The summed E-state index contributed by atoms with van der Waals surface area (Å²) in [4.78, 5) is 30.4. The van der Waals surface area contributed by atoms with Crippen LogP contribution in [0, 0.1) is 0 Å². The molecule has 7 nitrogen and oxygen atoms in total. The van der Waals surface area contributed by atoms with Gasteiger partial charge in [0.2, 0.25) is 6.79 Å². The van der Waals surface area contributed by atoms with Gasteiger partial charge >= 0.3 is 0 Å². The molecule has 5 rings (SSSR count). The van der Waals surface area contributed by atoms with Crippen molar-refractivity contribution in [3.05, 3.63) is 46.4 Å². The number of carbonyl (C=O) groups excluding carboxylic acids is 1. The van der Waals surface area contributed by atoms with Crippen LogP contribution in [0.3, 0.4) is 0 Å². The first-order chi connectivity index (χ1) is 13.2. The lowest BCUT2D eigenvalue weighted by Crippen LogP contribution is -2.36. The highest BCUT2D eigenvalue weighted by molar-refractivity contribution is 6.00. The van der Waals surface area contributed by atoms with Gasteiger partial charge in [-0.15, -0.1) is 0 Å². The van der Waals surface area contributed by atoms with E-state index in [4.69, 9.17) is 9.47 Å². The number of amides is 1. The van der Waals surface area contributed by atoms with Crippen LogP contribution in [0.1, 0.15) is 42.5 Å². The van der Waals surface area contributed by atoms with Gasteiger partial charge in [-0.1, -0.05) is 19.3 Å². The van der Waals surface area contributed by atoms with Crippen molar-refractivity contribution >= 4 is 22.5 Å². The van der Waals surface area contributed by atoms with Crippen LogP contribution >= 0.6 is 0 Å². The third-order valence-corrected chi connectivity index (χ3v) is 5.32. The molecule has 138 valence electrons. The number of rotatable bonds is 2. The Hall–Kier alpha value is -3.09. The van der Waals surface area contributed by atoms with Crippen molar-refractivity contribution in [1.82, 2.24) is 14.7 Å². The fraction of sp³-hybridized carbons (Fsp3) is 0.350. The molecule has 0 atom stereocenters. The standard InChI is InChI=1S/C20H19N3O4/c24-19(21-12-5-2-1-3-6-12)13-7-4-8-23-18(13)22-15-10-17-16(26-11-27-17)9-14(15)20(23)25/h4,7-10,12H,1-3,5-6,11H2,(H,21,24). The van der Waals surface area contributed by atoms with Crippen LogP contribution in [0.5, 0.6) is 11.5 Å². The molecule has 7 heteroatoms. The van der Waals surface area contributed by atoms with Crippen molar-refractivity contribution < 1.29 is 14.3 Å². The predicted molar refractivity (Wildman–Crippen MR) is 99.4 cm³/mol. The molecule has 1 fully saturated rings. The molecular formula is C20H19N3O4. The number of nitrogens with one attached hydrogen (secondary N) is 1. The fourth-order valence-electron chi connectivity index (χ4n) is 3.90. The van der Waals surface area contributed by atoms with Crippen molar-refractivity contribution in [3.63, 3.8) is 0 Å². The summed E-state index contributed by atoms with van der Waals surface area (Å²) in [5, 5.41) is 3.53. The second kappa shape index (κ2) is 6.26. The first-order valence-corrected chi connectivity index (χ1v) is 9.26. The minimum absolute atomic E-state index is 0.127. The maximum Gasteiger partial charge on any atom is 0.265 e. The molecule has 27 heavy (non-hydrogen) atoms. The van der Waals surface area contributed by atoms with Crippen LogP contribution in [0.4, 0.5) is 0 Å². The largest absolute Gasteiger partial charge is 0.454 e. The van der Waals surface area contributed by atoms with Crippen LogP contribution in [0.2, 0.25) is 0 Å². The average molecular weight is 365 g/mol.